The van der Waals surface area contributed by atoms with Crippen LogP contribution in [0.4, 0.5) is 0 Å². The molecular formula is C20H30N4O. The molecule has 1 aromatic rings. The molecule has 25 heavy (non-hydrogen) atoms. The predicted molar refractivity (Wildman–Crippen MR) is 96.9 cm³/mol. The van der Waals surface area contributed by atoms with Crippen molar-refractivity contribution in [3.8, 4) is 0 Å². The lowest BCUT2D eigenvalue weighted by Crippen LogP contribution is -2.53. The largest absolute Gasteiger partial charge is 0.339 e. The zero-order chi connectivity index (χ0) is 17.3. The molecule has 1 saturated carbocycles. The molecule has 3 fully saturated rings. The van der Waals surface area contributed by atoms with Crippen LogP contribution in [0.3, 0.4) is 0 Å². The van der Waals surface area contributed by atoms with Crippen molar-refractivity contribution in [1.29, 1.82) is 0 Å². The van der Waals surface area contributed by atoms with Crippen LogP contribution in [0, 0.1) is 12.3 Å². The minimum Gasteiger partial charge on any atom is -0.339 e. The molecule has 0 unspecified atom stereocenters. The molecule has 3 aliphatic rings. The van der Waals surface area contributed by atoms with Crippen molar-refractivity contribution in [3.63, 3.8) is 0 Å². The maximum Gasteiger partial charge on any atom is 0.222 e. The van der Waals surface area contributed by atoms with Crippen LogP contribution in [0.25, 0.3) is 0 Å². The minimum absolute atomic E-state index is 0.372. The van der Waals surface area contributed by atoms with E-state index in [9.17, 15) is 4.79 Å². The molecule has 1 aromatic heterocycles. The number of piperidine rings is 2. The van der Waals surface area contributed by atoms with Gasteiger partial charge < -0.3 is 4.90 Å². The van der Waals surface area contributed by atoms with Gasteiger partial charge in [0.1, 0.15) is 5.82 Å². The van der Waals surface area contributed by atoms with Crippen LogP contribution in [-0.4, -0.2) is 51.4 Å². The van der Waals surface area contributed by atoms with E-state index < -0.39 is 0 Å². The van der Waals surface area contributed by atoms with Gasteiger partial charge in [-0.25, -0.2) is 9.97 Å². The first kappa shape index (κ1) is 17.0. The highest BCUT2D eigenvalue weighted by Gasteiger charge is 2.43. The van der Waals surface area contributed by atoms with Crippen LogP contribution in [0.15, 0.2) is 12.4 Å². The zero-order valence-corrected chi connectivity index (χ0v) is 15.4. The van der Waals surface area contributed by atoms with E-state index in [1.54, 1.807) is 0 Å². The molecule has 0 N–H and O–H groups in total. The molecule has 0 radical (unpaired) electrons. The van der Waals surface area contributed by atoms with Crippen LogP contribution in [0.1, 0.15) is 62.8 Å². The Bertz CT molecular complexity index is 601. The lowest BCUT2D eigenvalue weighted by Gasteiger charge is -2.49. The molecule has 4 rings (SSSR count). The van der Waals surface area contributed by atoms with Crippen LogP contribution >= 0.6 is 0 Å². The summed E-state index contributed by atoms with van der Waals surface area (Å²) in [6.45, 7) is 6.13. The summed E-state index contributed by atoms with van der Waals surface area (Å²) >= 11 is 0. The van der Waals surface area contributed by atoms with Gasteiger partial charge >= 0.3 is 0 Å². The van der Waals surface area contributed by atoms with Crippen molar-refractivity contribution >= 4 is 5.91 Å². The Kier molecular flexibility index (Phi) is 4.76. The van der Waals surface area contributed by atoms with Crippen LogP contribution < -0.4 is 0 Å². The number of rotatable bonds is 3. The van der Waals surface area contributed by atoms with Crippen molar-refractivity contribution in [2.24, 2.45) is 5.41 Å². The van der Waals surface area contributed by atoms with E-state index in [1.165, 1.54) is 44.1 Å². The van der Waals surface area contributed by atoms with Crippen LogP contribution in [0.2, 0.25) is 0 Å². The van der Waals surface area contributed by atoms with Crippen LogP contribution in [-0.2, 0) is 11.3 Å². The van der Waals surface area contributed by atoms with E-state index in [1.807, 2.05) is 19.3 Å². The molecule has 1 amide bonds. The quantitative estimate of drug-likeness (QED) is 0.847. The summed E-state index contributed by atoms with van der Waals surface area (Å²) in [4.78, 5) is 25.8. The number of hydrogen-bond acceptors (Lipinski definition) is 4. The van der Waals surface area contributed by atoms with Crippen molar-refractivity contribution < 1.29 is 4.79 Å². The molecule has 2 aliphatic heterocycles. The first-order valence-electron chi connectivity index (χ1n) is 9.93. The first-order valence-corrected chi connectivity index (χ1v) is 9.93. The predicted octanol–water partition coefficient (Wildman–Crippen LogP) is 2.93. The summed E-state index contributed by atoms with van der Waals surface area (Å²) in [5, 5.41) is 0. The Labute approximate surface area is 150 Å². The highest BCUT2D eigenvalue weighted by Crippen LogP contribution is 2.42. The molecule has 3 heterocycles. The van der Waals surface area contributed by atoms with Crippen molar-refractivity contribution in [3.05, 3.63) is 23.8 Å². The number of aryl methyl sites for hydroxylation is 1. The van der Waals surface area contributed by atoms with Gasteiger partial charge in [-0.15, -0.1) is 0 Å². The van der Waals surface area contributed by atoms with E-state index in [-0.39, 0.29) is 0 Å². The number of likely N-dealkylation sites (tertiary alicyclic amines) is 2. The van der Waals surface area contributed by atoms with E-state index in [0.29, 0.717) is 17.4 Å². The summed E-state index contributed by atoms with van der Waals surface area (Å²) in [7, 11) is 0. The van der Waals surface area contributed by atoms with Crippen molar-refractivity contribution in [2.75, 3.05) is 19.6 Å². The fourth-order valence-corrected chi connectivity index (χ4v) is 4.95. The first-order chi connectivity index (χ1) is 12.1. The average molecular weight is 342 g/mol. The normalized spacial score (nSPS) is 25.0. The second-order valence-corrected chi connectivity index (χ2v) is 8.37. The average Bonchev–Trinajstić information content (AvgIpc) is 3.16. The molecule has 5 heteroatoms. The van der Waals surface area contributed by atoms with Gasteiger partial charge in [0.05, 0.1) is 0 Å². The van der Waals surface area contributed by atoms with Crippen LogP contribution in [0.5, 0.6) is 0 Å². The van der Waals surface area contributed by atoms with Crippen molar-refractivity contribution in [1.82, 2.24) is 19.8 Å². The third-order valence-electron chi connectivity index (χ3n) is 6.62. The van der Waals surface area contributed by atoms with Gasteiger partial charge in [-0.05, 0) is 57.5 Å². The molecule has 5 nitrogen and oxygen atoms in total. The summed E-state index contributed by atoms with van der Waals surface area (Å²) < 4.78 is 0. The standard InChI is InChI=1S/C20H30N4O/c1-16-21-12-17(13-22-16)14-23-10-8-20(9-11-23)7-6-19(25)24(15-20)18-4-2-3-5-18/h12-13,18H,2-11,14-15H2,1H3. The van der Waals surface area contributed by atoms with Gasteiger partial charge in [0, 0.05) is 43.5 Å². The van der Waals surface area contributed by atoms with Gasteiger partial charge in [-0.1, -0.05) is 12.8 Å². The van der Waals surface area contributed by atoms with Crippen molar-refractivity contribution in [2.45, 2.75) is 70.9 Å². The molecule has 0 bridgehead atoms. The van der Waals surface area contributed by atoms with Gasteiger partial charge in [0.15, 0.2) is 0 Å². The second kappa shape index (κ2) is 7.02. The zero-order valence-electron chi connectivity index (χ0n) is 15.4. The number of aromatic nitrogens is 2. The van der Waals surface area contributed by atoms with E-state index in [4.69, 9.17) is 0 Å². The lowest BCUT2D eigenvalue weighted by atomic mass is 9.72. The van der Waals surface area contributed by atoms with E-state index >= 15 is 0 Å². The van der Waals surface area contributed by atoms with Gasteiger partial charge in [0.25, 0.3) is 0 Å². The fourth-order valence-electron chi connectivity index (χ4n) is 4.95. The molecular weight excluding hydrogens is 312 g/mol. The molecule has 136 valence electrons. The fraction of sp³-hybridized carbons (Fsp3) is 0.750. The Morgan fingerprint density at radius 2 is 1.80 bits per heavy atom. The summed E-state index contributed by atoms with van der Waals surface area (Å²) in [5.74, 6) is 1.25. The maximum absolute atomic E-state index is 12.4. The smallest absolute Gasteiger partial charge is 0.222 e. The lowest BCUT2D eigenvalue weighted by molar-refractivity contribution is -0.142. The third kappa shape index (κ3) is 3.71. The Morgan fingerprint density at radius 1 is 1.12 bits per heavy atom. The highest BCUT2D eigenvalue weighted by molar-refractivity contribution is 5.77. The van der Waals surface area contributed by atoms with E-state index in [0.717, 1.165) is 44.8 Å². The topological polar surface area (TPSA) is 49.3 Å². The Morgan fingerprint density at radius 3 is 2.48 bits per heavy atom. The third-order valence-corrected chi connectivity index (χ3v) is 6.62. The van der Waals surface area contributed by atoms with E-state index in [2.05, 4.69) is 19.8 Å². The van der Waals surface area contributed by atoms with Gasteiger partial charge in [-0.3, -0.25) is 9.69 Å². The Hall–Kier alpha value is -1.49. The summed E-state index contributed by atoms with van der Waals surface area (Å²) in [5.41, 5.74) is 1.57. The van der Waals surface area contributed by atoms with Gasteiger partial charge in [-0.2, -0.15) is 0 Å². The molecule has 1 aliphatic carbocycles. The number of nitrogens with zero attached hydrogens (tertiary/aromatic N) is 4. The summed E-state index contributed by atoms with van der Waals surface area (Å²) in [6, 6.07) is 0.535. The number of carbonyl (C=O) groups excluding carboxylic acids is 1. The molecule has 1 spiro atoms. The maximum atomic E-state index is 12.4. The van der Waals surface area contributed by atoms with Gasteiger partial charge in [0.2, 0.25) is 5.91 Å². The Balaban J connectivity index is 1.35. The number of hydrogen-bond donors (Lipinski definition) is 0. The second-order valence-electron chi connectivity index (χ2n) is 8.37. The minimum atomic E-state index is 0.372. The highest BCUT2D eigenvalue weighted by atomic mass is 16.2. The molecule has 2 saturated heterocycles. The summed E-state index contributed by atoms with van der Waals surface area (Å²) in [6.07, 6.45) is 13.2. The molecule has 0 atom stereocenters. The SMILES string of the molecule is Cc1ncc(CN2CCC3(CCC(=O)N(C4CCCC4)C3)CC2)cn1. The monoisotopic (exact) mass is 342 g/mol. The number of amides is 1. The molecule has 0 aromatic carbocycles. The number of carbonyl (C=O) groups is 1.